The Kier molecular flexibility index (Phi) is 4.08. The minimum absolute atomic E-state index is 0.0604. The van der Waals surface area contributed by atoms with Crippen molar-refractivity contribution in [3.63, 3.8) is 0 Å². The first-order valence-corrected chi connectivity index (χ1v) is 7.90. The van der Waals surface area contributed by atoms with Crippen LogP contribution in [0.4, 0.5) is 0 Å². The predicted octanol–water partition coefficient (Wildman–Crippen LogP) is 1.44. The molecule has 3 N–H and O–H groups in total. The summed E-state index contributed by atoms with van der Waals surface area (Å²) >= 11 is 0. The lowest BCUT2D eigenvalue weighted by Gasteiger charge is -2.27. The van der Waals surface area contributed by atoms with Crippen LogP contribution in [0.25, 0.3) is 0 Å². The van der Waals surface area contributed by atoms with Crippen molar-refractivity contribution in [3.8, 4) is 0 Å². The second-order valence-corrected chi connectivity index (χ2v) is 6.50. The molecule has 3 fully saturated rings. The molecule has 0 heterocycles. The van der Waals surface area contributed by atoms with Gasteiger partial charge in [-0.2, -0.15) is 0 Å². The Morgan fingerprint density at radius 2 is 1.89 bits per heavy atom. The van der Waals surface area contributed by atoms with Gasteiger partial charge < -0.3 is 15.8 Å². The normalized spacial score (nSPS) is 37.9. The fourth-order valence-electron chi connectivity index (χ4n) is 4.30. The molecule has 4 unspecified atom stereocenters. The number of fused-ring (bicyclic) bond motifs is 2. The van der Waals surface area contributed by atoms with E-state index in [-0.39, 0.29) is 17.9 Å². The predicted molar refractivity (Wildman–Crippen MR) is 73.5 cm³/mol. The van der Waals surface area contributed by atoms with Crippen LogP contribution in [0.3, 0.4) is 0 Å². The Bertz CT molecular complexity index is 326. The van der Waals surface area contributed by atoms with Gasteiger partial charge in [-0.1, -0.05) is 12.8 Å². The highest BCUT2D eigenvalue weighted by atomic mass is 16.5. The number of rotatable bonds is 5. The first kappa shape index (κ1) is 13.4. The minimum atomic E-state index is 0.0604. The highest BCUT2D eigenvalue weighted by Crippen LogP contribution is 2.47. The molecule has 19 heavy (non-hydrogen) atoms. The molecule has 0 radical (unpaired) electrons. The van der Waals surface area contributed by atoms with Gasteiger partial charge in [-0.3, -0.25) is 4.79 Å². The molecule has 0 aromatic heterocycles. The Hall–Kier alpha value is -0.610. The SMILES string of the molecule is NC1C2CCC(C2)C1C(=O)NCCOC1CCCC1. The van der Waals surface area contributed by atoms with Crippen LogP contribution in [0, 0.1) is 17.8 Å². The number of hydrogen-bond donors (Lipinski definition) is 2. The molecule has 3 aliphatic rings. The number of hydrogen-bond acceptors (Lipinski definition) is 3. The van der Waals surface area contributed by atoms with Crippen molar-refractivity contribution in [2.24, 2.45) is 23.5 Å². The summed E-state index contributed by atoms with van der Waals surface area (Å²) in [5, 5.41) is 3.02. The largest absolute Gasteiger partial charge is 0.376 e. The van der Waals surface area contributed by atoms with Crippen LogP contribution in [-0.2, 0) is 9.53 Å². The molecular formula is C15H26N2O2. The lowest BCUT2D eigenvalue weighted by molar-refractivity contribution is -0.127. The number of nitrogens with two attached hydrogens (primary N) is 1. The van der Waals surface area contributed by atoms with Crippen molar-refractivity contribution in [2.45, 2.75) is 57.1 Å². The zero-order valence-electron chi connectivity index (χ0n) is 11.6. The van der Waals surface area contributed by atoms with Crippen molar-refractivity contribution in [1.82, 2.24) is 5.32 Å². The maximum atomic E-state index is 12.2. The van der Waals surface area contributed by atoms with Crippen LogP contribution in [0.5, 0.6) is 0 Å². The van der Waals surface area contributed by atoms with Crippen LogP contribution in [0.15, 0.2) is 0 Å². The molecule has 3 saturated carbocycles. The number of ether oxygens (including phenoxy) is 1. The smallest absolute Gasteiger partial charge is 0.225 e. The first-order valence-electron chi connectivity index (χ1n) is 7.90. The summed E-state index contributed by atoms with van der Waals surface area (Å²) in [6.45, 7) is 1.28. The summed E-state index contributed by atoms with van der Waals surface area (Å²) in [4.78, 5) is 12.2. The number of amides is 1. The molecule has 0 spiro atoms. The maximum Gasteiger partial charge on any atom is 0.225 e. The van der Waals surface area contributed by atoms with Gasteiger partial charge in [0.05, 0.1) is 18.6 Å². The fraction of sp³-hybridized carbons (Fsp3) is 0.933. The number of carbonyl (C=O) groups excluding carboxylic acids is 1. The van der Waals surface area contributed by atoms with Gasteiger partial charge in [0.1, 0.15) is 0 Å². The average molecular weight is 266 g/mol. The van der Waals surface area contributed by atoms with Crippen molar-refractivity contribution >= 4 is 5.91 Å². The van der Waals surface area contributed by atoms with Crippen molar-refractivity contribution in [3.05, 3.63) is 0 Å². The molecule has 4 heteroatoms. The van der Waals surface area contributed by atoms with Gasteiger partial charge >= 0.3 is 0 Å². The van der Waals surface area contributed by atoms with Crippen LogP contribution >= 0.6 is 0 Å². The summed E-state index contributed by atoms with van der Waals surface area (Å²) in [6.07, 6.45) is 8.96. The summed E-state index contributed by atoms with van der Waals surface area (Å²) in [5.74, 6) is 1.35. The van der Waals surface area contributed by atoms with Crippen molar-refractivity contribution < 1.29 is 9.53 Å². The van der Waals surface area contributed by atoms with Gasteiger partial charge in [-0.15, -0.1) is 0 Å². The zero-order chi connectivity index (χ0) is 13.2. The lowest BCUT2D eigenvalue weighted by atomic mass is 9.84. The van der Waals surface area contributed by atoms with Crippen molar-refractivity contribution in [2.75, 3.05) is 13.2 Å². The van der Waals surface area contributed by atoms with E-state index >= 15 is 0 Å². The van der Waals surface area contributed by atoms with Crippen LogP contribution in [-0.4, -0.2) is 31.2 Å². The molecule has 4 nitrogen and oxygen atoms in total. The van der Waals surface area contributed by atoms with Crippen LogP contribution < -0.4 is 11.1 Å². The molecular weight excluding hydrogens is 240 g/mol. The van der Waals surface area contributed by atoms with Gasteiger partial charge in [-0.05, 0) is 43.9 Å². The molecule has 3 aliphatic carbocycles. The third-order valence-corrected chi connectivity index (χ3v) is 5.34. The standard InChI is InChI=1S/C15H26N2O2/c16-14-11-6-5-10(9-11)13(14)15(18)17-7-8-19-12-3-1-2-4-12/h10-14H,1-9,16H2,(H,17,18). The monoisotopic (exact) mass is 266 g/mol. The molecule has 108 valence electrons. The molecule has 0 aliphatic heterocycles. The molecule has 0 saturated heterocycles. The first-order chi connectivity index (χ1) is 9.25. The van der Waals surface area contributed by atoms with Gasteiger partial charge in [0, 0.05) is 12.6 Å². The number of carbonyl (C=O) groups is 1. The molecule has 4 atom stereocenters. The Morgan fingerprint density at radius 3 is 2.58 bits per heavy atom. The van der Waals surface area contributed by atoms with Crippen LogP contribution in [0.1, 0.15) is 44.9 Å². The van der Waals surface area contributed by atoms with Gasteiger partial charge in [0.25, 0.3) is 0 Å². The second-order valence-electron chi connectivity index (χ2n) is 6.50. The minimum Gasteiger partial charge on any atom is -0.376 e. The molecule has 0 aromatic carbocycles. The Balaban J connectivity index is 1.37. The van der Waals surface area contributed by atoms with E-state index in [1.54, 1.807) is 0 Å². The van der Waals surface area contributed by atoms with Gasteiger partial charge in [0.15, 0.2) is 0 Å². The quantitative estimate of drug-likeness (QED) is 0.740. The van der Waals surface area contributed by atoms with E-state index in [2.05, 4.69) is 5.32 Å². The highest BCUT2D eigenvalue weighted by molar-refractivity contribution is 5.80. The summed E-state index contributed by atoms with van der Waals surface area (Å²) < 4.78 is 5.76. The van der Waals surface area contributed by atoms with E-state index in [1.165, 1.54) is 38.5 Å². The third kappa shape index (κ3) is 2.79. The molecule has 2 bridgehead atoms. The summed E-state index contributed by atoms with van der Waals surface area (Å²) in [7, 11) is 0. The van der Waals surface area contributed by atoms with E-state index in [0.717, 1.165) is 6.42 Å². The Morgan fingerprint density at radius 1 is 1.16 bits per heavy atom. The fourth-order valence-corrected chi connectivity index (χ4v) is 4.30. The lowest BCUT2D eigenvalue weighted by Crippen LogP contribution is -2.46. The van der Waals surface area contributed by atoms with E-state index in [1.807, 2.05) is 0 Å². The summed E-state index contributed by atoms with van der Waals surface area (Å²) in [5.41, 5.74) is 6.18. The molecule has 1 amide bonds. The maximum absolute atomic E-state index is 12.2. The topological polar surface area (TPSA) is 64.4 Å². The van der Waals surface area contributed by atoms with Gasteiger partial charge in [-0.25, -0.2) is 0 Å². The Labute approximate surface area is 115 Å². The van der Waals surface area contributed by atoms with E-state index < -0.39 is 0 Å². The molecule has 3 rings (SSSR count). The van der Waals surface area contributed by atoms with E-state index in [9.17, 15) is 4.79 Å². The third-order valence-electron chi connectivity index (χ3n) is 5.34. The highest BCUT2D eigenvalue weighted by Gasteiger charge is 2.48. The second kappa shape index (κ2) is 5.80. The summed E-state index contributed by atoms with van der Waals surface area (Å²) in [6, 6.07) is 0.0921. The van der Waals surface area contributed by atoms with Gasteiger partial charge in [0.2, 0.25) is 5.91 Å². The van der Waals surface area contributed by atoms with E-state index in [0.29, 0.717) is 31.1 Å². The average Bonchev–Trinajstić information content (AvgIpc) is 3.10. The number of nitrogens with one attached hydrogen (secondary N) is 1. The molecule has 0 aromatic rings. The van der Waals surface area contributed by atoms with Crippen LogP contribution in [0.2, 0.25) is 0 Å². The zero-order valence-corrected chi connectivity index (χ0v) is 11.6. The van der Waals surface area contributed by atoms with Crippen molar-refractivity contribution in [1.29, 1.82) is 0 Å². The van der Waals surface area contributed by atoms with E-state index in [4.69, 9.17) is 10.5 Å².